The zero-order chi connectivity index (χ0) is 15.4. The monoisotopic (exact) mass is 312 g/mol. The third-order valence-corrected chi connectivity index (χ3v) is 10.8. The summed E-state index contributed by atoms with van der Waals surface area (Å²) in [6, 6.07) is 14.0. The molecule has 0 aromatic heterocycles. The maximum Gasteiger partial charge on any atom is 0.132 e. The summed E-state index contributed by atoms with van der Waals surface area (Å²) in [7, 11) is -1.43. The lowest BCUT2D eigenvalue weighted by Crippen LogP contribution is -2.49. The van der Waals surface area contributed by atoms with Gasteiger partial charge in [0.15, 0.2) is 0 Å². The van der Waals surface area contributed by atoms with Crippen molar-refractivity contribution in [2.24, 2.45) is 11.8 Å². The van der Waals surface area contributed by atoms with Crippen molar-refractivity contribution in [3.8, 4) is 0 Å². The van der Waals surface area contributed by atoms with Gasteiger partial charge in [-0.2, -0.15) is 0 Å². The van der Waals surface area contributed by atoms with Crippen LogP contribution >= 0.6 is 0 Å². The molecule has 22 heavy (non-hydrogen) atoms. The first-order valence-electron chi connectivity index (χ1n) is 8.94. The van der Waals surface area contributed by atoms with Gasteiger partial charge in [0.05, 0.1) is 0 Å². The second-order valence-corrected chi connectivity index (χ2v) is 11.5. The third-order valence-electron chi connectivity index (χ3n) is 6.01. The Morgan fingerprint density at radius 2 is 1.55 bits per heavy atom. The molecule has 2 aliphatic rings. The van der Waals surface area contributed by atoms with Gasteiger partial charge in [-0.05, 0) is 43.7 Å². The Balaban J connectivity index is 1.69. The average molecular weight is 313 g/mol. The van der Waals surface area contributed by atoms with Gasteiger partial charge in [0, 0.05) is 12.8 Å². The van der Waals surface area contributed by atoms with E-state index in [-0.39, 0.29) is 0 Å². The van der Waals surface area contributed by atoms with Crippen LogP contribution in [-0.4, -0.2) is 13.9 Å². The molecule has 1 saturated carbocycles. The Labute approximate surface area is 135 Å². The minimum Gasteiger partial charge on any atom is -0.300 e. The van der Waals surface area contributed by atoms with Gasteiger partial charge >= 0.3 is 0 Å². The van der Waals surface area contributed by atoms with Crippen molar-refractivity contribution in [3.05, 3.63) is 42.1 Å². The van der Waals surface area contributed by atoms with Gasteiger partial charge in [-0.25, -0.2) is 0 Å². The molecule has 1 heterocycles. The van der Waals surface area contributed by atoms with Crippen LogP contribution in [0.4, 0.5) is 0 Å². The number of carbonyl (C=O) groups is 1. The van der Waals surface area contributed by atoms with Crippen LogP contribution in [0.25, 0.3) is 0 Å². The predicted octanol–water partition coefficient (Wildman–Crippen LogP) is 4.63. The molecule has 1 aliphatic heterocycles. The fraction of sp³-hybridized carbons (Fsp3) is 0.550. The summed E-state index contributed by atoms with van der Waals surface area (Å²) < 4.78 is 0. The summed E-state index contributed by atoms with van der Waals surface area (Å²) in [5.74, 6) is 2.20. The minimum absolute atomic E-state index is 0.494. The largest absolute Gasteiger partial charge is 0.300 e. The van der Waals surface area contributed by atoms with Gasteiger partial charge in [-0.3, -0.25) is 4.79 Å². The fourth-order valence-electron chi connectivity index (χ4n) is 4.70. The molecule has 2 heteroatoms. The standard InChI is InChI=1S/C20H28OSi/c1-2-14-22(20-6-4-3-5-7-20)15-12-18(13-16-22)17-8-10-19(21)11-9-17/h2-7,14,17-18H,8-13,15-16H2,1H3. The third kappa shape index (κ3) is 3.27. The summed E-state index contributed by atoms with van der Waals surface area (Å²) >= 11 is 0. The van der Waals surface area contributed by atoms with E-state index in [1.165, 1.54) is 24.9 Å². The number of hydrogen-bond donors (Lipinski definition) is 0. The van der Waals surface area contributed by atoms with Crippen LogP contribution in [-0.2, 0) is 4.79 Å². The molecule has 118 valence electrons. The molecule has 0 radical (unpaired) electrons. The van der Waals surface area contributed by atoms with Crippen LogP contribution in [0.15, 0.2) is 42.1 Å². The molecule has 0 N–H and O–H groups in total. The molecule has 1 aliphatic carbocycles. The average Bonchev–Trinajstić information content (AvgIpc) is 2.57. The van der Waals surface area contributed by atoms with Gasteiger partial charge in [0.2, 0.25) is 0 Å². The second kappa shape index (κ2) is 6.95. The first-order chi connectivity index (χ1) is 10.7. The molecular formula is C20H28OSi. The molecule has 2 fully saturated rings. The van der Waals surface area contributed by atoms with Crippen molar-refractivity contribution in [3.63, 3.8) is 0 Å². The molecular weight excluding hydrogens is 284 g/mol. The fourth-order valence-corrected chi connectivity index (χ4v) is 9.32. The van der Waals surface area contributed by atoms with E-state index in [1.54, 1.807) is 5.19 Å². The Hall–Kier alpha value is -1.15. The van der Waals surface area contributed by atoms with E-state index >= 15 is 0 Å². The number of benzene rings is 1. The molecule has 3 rings (SSSR count). The Morgan fingerprint density at radius 3 is 2.14 bits per heavy atom. The van der Waals surface area contributed by atoms with Gasteiger partial charge in [0.25, 0.3) is 0 Å². The minimum atomic E-state index is -1.43. The highest BCUT2D eigenvalue weighted by atomic mass is 28.3. The van der Waals surface area contributed by atoms with E-state index in [0.29, 0.717) is 5.78 Å². The maximum absolute atomic E-state index is 11.5. The molecule has 0 amide bonds. The van der Waals surface area contributed by atoms with E-state index in [9.17, 15) is 4.79 Å². The molecule has 0 bridgehead atoms. The molecule has 0 unspecified atom stereocenters. The van der Waals surface area contributed by atoms with Crippen molar-refractivity contribution in [2.45, 2.75) is 57.5 Å². The molecule has 1 aromatic carbocycles. The molecule has 0 atom stereocenters. The highest BCUT2D eigenvalue weighted by Gasteiger charge is 2.39. The van der Waals surface area contributed by atoms with Crippen LogP contribution < -0.4 is 5.19 Å². The van der Waals surface area contributed by atoms with Gasteiger partial charge in [0.1, 0.15) is 13.9 Å². The van der Waals surface area contributed by atoms with E-state index in [0.717, 1.165) is 37.5 Å². The maximum atomic E-state index is 11.5. The number of ketones is 1. The molecule has 1 nitrogen and oxygen atoms in total. The van der Waals surface area contributed by atoms with Crippen LogP contribution in [0.1, 0.15) is 45.4 Å². The van der Waals surface area contributed by atoms with Crippen molar-refractivity contribution in [1.82, 2.24) is 0 Å². The number of hydrogen-bond acceptors (Lipinski definition) is 1. The van der Waals surface area contributed by atoms with Crippen LogP contribution in [0.3, 0.4) is 0 Å². The van der Waals surface area contributed by atoms with Crippen LogP contribution in [0.5, 0.6) is 0 Å². The van der Waals surface area contributed by atoms with E-state index < -0.39 is 8.07 Å². The Bertz CT molecular complexity index is 516. The van der Waals surface area contributed by atoms with Crippen LogP contribution in [0.2, 0.25) is 12.1 Å². The lowest BCUT2D eigenvalue weighted by atomic mass is 9.77. The summed E-state index contributed by atoms with van der Waals surface area (Å²) in [6.45, 7) is 2.18. The Kier molecular flexibility index (Phi) is 4.97. The zero-order valence-corrected chi connectivity index (χ0v) is 14.8. The highest BCUT2D eigenvalue weighted by molar-refractivity contribution is 6.96. The van der Waals surface area contributed by atoms with Crippen molar-refractivity contribution in [1.29, 1.82) is 0 Å². The Morgan fingerprint density at radius 1 is 0.955 bits per heavy atom. The zero-order valence-electron chi connectivity index (χ0n) is 13.8. The number of rotatable bonds is 3. The molecule has 0 spiro atoms. The van der Waals surface area contributed by atoms with E-state index in [1.807, 2.05) is 0 Å². The quantitative estimate of drug-likeness (QED) is 0.744. The van der Waals surface area contributed by atoms with Gasteiger partial charge in [-0.15, -0.1) is 0 Å². The number of carbonyl (C=O) groups excluding carboxylic acids is 1. The van der Waals surface area contributed by atoms with Crippen LogP contribution in [0, 0.1) is 11.8 Å². The van der Waals surface area contributed by atoms with E-state index in [4.69, 9.17) is 0 Å². The molecule has 1 saturated heterocycles. The SMILES string of the molecule is CC=C[Si]1(c2ccccc2)CCC(C2CCC(=O)CC2)CC1. The summed E-state index contributed by atoms with van der Waals surface area (Å²) in [5, 5.41) is 1.62. The summed E-state index contributed by atoms with van der Waals surface area (Å²) in [6.07, 6.45) is 9.06. The smallest absolute Gasteiger partial charge is 0.132 e. The van der Waals surface area contributed by atoms with Crippen molar-refractivity contribution < 1.29 is 4.79 Å². The number of allylic oxidation sites excluding steroid dienone is 1. The summed E-state index contributed by atoms with van der Waals surface area (Å²) in [5.41, 5.74) is 2.57. The predicted molar refractivity (Wildman–Crippen MR) is 95.9 cm³/mol. The number of Topliss-reactive ketones (excluding diaryl/α,β-unsaturated/α-hetero) is 1. The van der Waals surface area contributed by atoms with E-state index in [2.05, 4.69) is 49.0 Å². The topological polar surface area (TPSA) is 17.1 Å². The lowest BCUT2D eigenvalue weighted by molar-refractivity contribution is -0.121. The lowest BCUT2D eigenvalue weighted by Gasteiger charge is -2.40. The van der Waals surface area contributed by atoms with Crippen molar-refractivity contribution in [2.75, 3.05) is 0 Å². The van der Waals surface area contributed by atoms with Gasteiger partial charge in [-0.1, -0.05) is 60.1 Å². The second-order valence-electron chi connectivity index (χ2n) is 7.24. The van der Waals surface area contributed by atoms with Crippen molar-refractivity contribution >= 4 is 19.0 Å². The first-order valence-corrected chi connectivity index (χ1v) is 11.4. The summed E-state index contributed by atoms with van der Waals surface area (Å²) in [4.78, 5) is 11.5. The molecule has 1 aromatic rings. The normalized spacial score (nSPS) is 30.8. The van der Waals surface area contributed by atoms with Gasteiger partial charge < -0.3 is 0 Å². The first kappa shape index (κ1) is 15.7. The highest BCUT2D eigenvalue weighted by Crippen LogP contribution is 2.41.